The van der Waals surface area contributed by atoms with E-state index >= 15 is 0 Å². The highest BCUT2D eigenvalue weighted by atomic mass is 16.7. The number of rotatable bonds is 2. The number of epoxide rings is 1. The molecule has 116 valence electrons. The van der Waals surface area contributed by atoms with Gasteiger partial charge in [-0.3, -0.25) is 0 Å². The topological polar surface area (TPSA) is 38.8 Å². The van der Waals surface area contributed by atoms with E-state index < -0.39 is 5.60 Å². The molecular weight excluding hydrogens is 288 g/mol. The van der Waals surface area contributed by atoms with Crippen molar-refractivity contribution in [2.75, 3.05) is 0 Å². The van der Waals surface area contributed by atoms with Crippen molar-refractivity contribution in [1.29, 1.82) is 0 Å². The Labute approximate surface area is 135 Å². The minimum atomic E-state index is -0.397. The van der Waals surface area contributed by atoms with Gasteiger partial charge in [-0.2, -0.15) is 0 Å². The van der Waals surface area contributed by atoms with Crippen molar-refractivity contribution in [3.8, 4) is 0 Å². The lowest BCUT2D eigenvalue weighted by Gasteiger charge is -2.27. The number of esters is 1. The Morgan fingerprint density at radius 1 is 1.04 bits per heavy atom. The molecule has 3 aliphatic rings. The van der Waals surface area contributed by atoms with E-state index in [9.17, 15) is 4.79 Å². The molecule has 0 N–H and O–H groups in total. The summed E-state index contributed by atoms with van der Waals surface area (Å²) in [5.74, 6) is -0.251. The van der Waals surface area contributed by atoms with E-state index in [1.807, 2.05) is 18.2 Å². The van der Waals surface area contributed by atoms with Crippen LogP contribution in [-0.4, -0.2) is 17.7 Å². The first-order chi connectivity index (χ1) is 11.3. The molecule has 0 aromatic heterocycles. The first-order valence-electron chi connectivity index (χ1n) is 8.30. The molecule has 3 nitrogen and oxygen atoms in total. The van der Waals surface area contributed by atoms with Crippen LogP contribution in [0.3, 0.4) is 0 Å². The Bertz CT molecular complexity index is 784. The number of carbonyl (C=O) groups excluding carboxylic acids is 1. The van der Waals surface area contributed by atoms with E-state index in [1.165, 1.54) is 11.1 Å². The Balaban J connectivity index is 1.49. The van der Waals surface area contributed by atoms with Gasteiger partial charge in [0.05, 0.1) is 5.56 Å². The average molecular weight is 306 g/mol. The summed E-state index contributed by atoms with van der Waals surface area (Å²) >= 11 is 0. The van der Waals surface area contributed by atoms with Crippen molar-refractivity contribution in [3.63, 3.8) is 0 Å². The first-order valence-corrected chi connectivity index (χ1v) is 8.30. The second kappa shape index (κ2) is 4.45. The lowest BCUT2D eigenvalue weighted by Crippen LogP contribution is -2.35. The highest BCUT2D eigenvalue weighted by molar-refractivity contribution is 5.89. The molecule has 1 saturated carbocycles. The smallest absolute Gasteiger partial charge is 0.338 e. The lowest BCUT2D eigenvalue weighted by molar-refractivity contribution is 0.000692. The normalized spacial score (nSPS) is 33.3. The Morgan fingerprint density at radius 2 is 1.83 bits per heavy atom. The van der Waals surface area contributed by atoms with Crippen LogP contribution in [0.1, 0.15) is 40.7 Å². The van der Waals surface area contributed by atoms with Crippen molar-refractivity contribution >= 4 is 5.97 Å². The van der Waals surface area contributed by atoms with Gasteiger partial charge in [0.25, 0.3) is 0 Å². The van der Waals surface area contributed by atoms with Gasteiger partial charge in [-0.05, 0) is 48.9 Å². The summed E-state index contributed by atoms with van der Waals surface area (Å²) in [5, 5.41) is 0. The highest BCUT2D eigenvalue weighted by Gasteiger charge is 2.80. The fourth-order valence-electron chi connectivity index (χ4n) is 4.63. The third-order valence-corrected chi connectivity index (χ3v) is 5.73. The monoisotopic (exact) mass is 306 g/mol. The van der Waals surface area contributed by atoms with Crippen LogP contribution in [0.4, 0.5) is 0 Å². The van der Waals surface area contributed by atoms with Crippen LogP contribution in [-0.2, 0) is 21.5 Å². The van der Waals surface area contributed by atoms with E-state index in [-0.39, 0.29) is 17.7 Å². The van der Waals surface area contributed by atoms with E-state index in [0.29, 0.717) is 5.56 Å². The van der Waals surface area contributed by atoms with Gasteiger partial charge in [-0.15, -0.1) is 0 Å². The molecule has 3 atom stereocenters. The predicted molar refractivity (Wildman–Crippen MR) is 85.1 cm³/mol. The average Bonchev–Trinajstić information content (AvgIpc) is 3.21. The lowest BCUT2D eigenvalue weighted by atomic mass is 9.76. The van der Waals surface area contributed by atoms with Gasteiger partial charge in [0, 0.05) is 0 Å². The molecule has 2 aromatic carbocycles. The zero-order valence-electron chi connectivity index (χ0n) is 12.8. The SMILES string of the molecule is O=C(O[C@@H]1CC[C@]23CCc4ccccc4[C@]12O3)c1ccccc1. The van der Waals surface area contributed by atoms with E-state index in [0.717, 1.165) is 25.7 Å². The number of benzene rings is 2. The summed E-state index contributed by atoms with van der Waals surface area (Å²) in [6, 6.07) is 17.7. The van der Waals surface area contributed by atoms with Crippen molar-refractivity contribution < 1.29 is 14.3 Å². The standard InChI is InChI=1S/C20H18O3/c21-18(15-7-2-1-3-8-15)22-17-11-13-19-12-10-14-6-4-5-9-16(14)20(17,19)23-19/h1-9,17H,10-13H2/t17-,19-,20+/m1/s1. The van der Waals surface area contributed by atoms with Gasteiger partial charge < -0.3 is 9.47 Å². The number of ether oxygens (including phenoxy) is 2. The molecule has 0 bridgehead atoms. The molecule has 23 heavy (non-hydrogen) atoms. The van der Waals surface area contributed by atoms with Gasteiger partial charge in [0.15, 0.2) is 5.60 Å². The number of carbonyl (C=O) groups is 1. The Kier molecular flexibility index (Phi) is 2.58. The predicted octanol–water partition coefficient (Wildman–Crippen LogP) is 3.62. The zero-order chi connectivity index (χ0) is 15.5. The number of hydrogen-bond donors (Lipinski definition) is 0. The van der Waals surface area contributed by atoms with Crippen molar-refractivity contribution in [3.05, 3.63) is 71.3 Å². The van der Waals surface area contributed by atoms with Crippen LogP contribution in [0.2, 0.25) is 0 Å². The van der Waals surface area contributed by atoms with Gasteiger partial charge in [0.1, 0.15) is 11.7 Å². The molecule has 1 saturated heterocycles. The van der Waals surface area contributed by atoms with Crippen LogP contribution in [0, 0.1) is 0 Å². The Morgan fingerprint density at radius 3 is 2.70 bits per heavy atom. The molecule has 2 fully saturated rings. The highest BCUT2D eigenvalue weighted by Crippen LogP contribution is 2.70. The molecule has 1 heterocycles. The van der Waals surface area contributed by atoms with Gasteiger partial charge >= 0.3 is 5.97 Å². The summed E-state index contributed by atoms with van der Waals surface area (Å²) in [6.07, 6.45) is 3.76. The molecule has 1 aliphatic heterocycles. The number of hydrogen-bond acceptors (Lipinski definition) is 3. The Hall–Kier alpha value is -2.13. The number of aryl methyl sites for hydroxylation is 1. The van der Waals surface area contributed by atoms with E-state index in [4.69, 9.17) is 9.47 Å². The molecule has 2 aromatic rings. The van der Waals surface area contributed by atoms with Gasteiger partial charge in [0.2, 0.25) is 0 Å². The summed E-state index contributed by atoms with van der Waals surface area (Å²) in [6.45, 7) is 0. The van der Waals surface area contributed by atoms with Crippen LogP contribution in [0.15, 0.2) is 54.6 Å². The molecule has 0 unspecified atom stereocenters. The van der Waals surface area contributed by atoms with E-state index in [1.54, 1.807) is 12.1 Å². The fourth-order valence-corrected chi connectivity index (χ4v) is 4.63. The van der Waals surface area contributed by atoms with Crippen molar-refractivity contribution in [2.45, 2.75) is 43.0 Å². The minimum absolute atomic E-state index is 0.0943. The third kappa shape index (κ3) is 1.66. The molecule has 0 spiro atoms. The van der Waals surface area contributed by atoms with Gasteiger partial charge in [-0.25, -0.2) is 4.79 Å². The summed E-state index contributed by atoms with van der Waals surface area (Å²) < 4.78 is 12.2. The quantitative estimate of drug-likeness (QED) is 0.628. The molecule has 5 rings (SSSR count). The third-order valence-electron chi connectivity index (χ3n) is 5.73. The molecule has 0 radical (unpaired) electrons. The molecule has 2 aliphatic carbocycles. The molecule has 0 amide bonds. The van der Waals surface area contributed by atoms with Crippen LogP contribution >= 0.6 is 0 Å². The number of fused-ring (bicyclic) bond motifs is 1. The van der Waals surface area contributed by atoms with Crippen LogP contribution in [0.5, 0.6) is 0 Å². The zero-order valence-corrected chi connectivity index (χ0v) is 12.8. The second-order valence-electron chi connectivity index (χ2n) is 6.79. The maximum Gasteiger partial charge on any atom is 0.338 e. The van der Waals surface area contributed by atoms with Crippen LogP contribution < -0.4 is 0 Å². The van der Waals surface area contributed by atoms with Crippen molar-refractivity contribution in [1.82, 2.24) is 0 Å². The summed E-state index contributed by atoms with van der Waals surface area (Å²) in [5.41, 5.74) is 2.68. The summed E-state index contributed by atoms with van der Waals surface area (Å²) in [7, 11) is 0. The minimum Gasteiger partial charge on any atom is -0.455 e. The first kappa shape index (κ1) is 13.3. The molecular formula is C20H18O3. The van der Waals surface area contributed by atoms with Crippen LogP contribution in [0.25, 0.3) is 0 Å². The molecule has 3 heteroatoms. The van der Waals surface area contributed by atoms with Gasteiger partial charge in [-0.1, -0.05) is 42.5 Å². The van der Waals surface area contributed by atoms with E-state index in [2.05, 4.69) is 24.3 Å². The maximum atomic E-state index is 12.5. The second-order valence-corrected chi connectivity index (χ2v) is 6.79. The summed E-state index contributed by atoms with van der Waals surface area (Å²) in [4.78, 5) is 12.5. The van der Waals surface area contributed by atoms with Crippen molar-refractivity contribution in [2.24, 2.45) is 0 Å². The largest absolute Gasteiger partial charge is 0.455 e. The maximum absolute atomic E-state index is 12.5. The fraction of sp³-hybridized carbons (Fsp3) is 0.350.